The lowest BCUT2D eigenvalue weighted by molar-refractivity contribution is 1.07. The Morgan fingerprint density at radius 3 is 2.10 bits per heavy atom. The summed E-state index contributed by atoms with van der Waals surface area (Å²) < 4.78 is 0. The standard InChI is InChI=1S/C16H16N4S/c1-21-16(19)20(14-6-2-12(10-17)3-7-14)15-8-4-13(11-18)5-9-15/h2-9,19H,10,17H2,1H3. The number of thioether (sulfide) groups is 1. The number of nitrogens with zero attached hydrogens (tertiary/aromatic N) is 2. The van der Waals surface area contributed by atoms with E-state index in [-0.39, 0.29) is 0 Å². The summed E-state index contributed by atoms with van der Waals surface area (Å²) >= 11 is 1.36. The highest BCUT2D eigenvalue weighted by atomic mass is 32.2. The van der Waals surface area contributed by atoms with Gasteiger partial charge in [-0.1, -0.05) is 23.9 Å². The second-order valence-electron chi connectivity index (χ2n) is 4.37. The van der Waals surface area contributed by atoms with Crippen LogP contribution in [0.1, 0.15) is 11.1 Å². The fourth-order valence-electron chi connectivity index (χ4n) is 1.94. The number of amidine groups is 1. The molecule has 21 heavy (non-hydrogen) atoms. The van der Waals surface area contributed by atoms with E-state index >= 15 is 0 Å². The zero-order valence-corrected chi connectivity index (χ0v) is 12.5. The Hall–Kier alpha value is -2.29. The summed E-state index contributed by atoms with van der Waals surface area (Å²) in [4.78, 5) is 1.84. The van der Waals surface area contributed by atoms with Gasteiger partial charge in [0.15, 0.2) is 5.17 Å². The molecule has 106 valence electrons. The van der Waals surface area contributed by atoms with Crippen molar-refractivity contribution in [3.05, 3.63) is 59.7 Å². The third-order valence-electron chi connectivity index (χ3n) is 3.08. The summed E-state index contributed by atoms with van der Waals surface area (Å²) in [6.07, 6.45) is 1.87. The predicted octanol–water partition coefficient (Wildman–Crippen LogP) is 3.45. The zero-order chi connectivity index (χ0) is 15.2. The smallest absolute Gasteiger partial charge is 0.165 e. The minimum atomic E-state index is 0.417. The van der Waals surface area contributed by atoms with Crippen LogP contribution in [0.15, 0.2) is 48.5 Å². The van der Waals surface area contributed by atoms with Crippen LogP contribution in [-0.4, -0.2) is 11.4 Å². The largest absolute Gasteiger partial charge is 0.326 e. The van der Waals surface area contributed by atoms with Gasteiger partial charge in [0.2, 0.25) is 0 Å². The maximum atomic E-state index is 8.88. The van der Waals surface area contributed by atoms with Crippen molar-refractivity contribution in [2.75, 3.05) is 11.2 Å². The summed E-state index contributed by atoms with van der Waals surface area (Å²) in [7, 11) is 0. The summed E-state index contributed by atoms with van der Waals surface area (Å²) in [6, 6.07) is 17.1. The lowest BCUT2D eigenvalue weighted by Gasteiger charge is -2.24. The van der Waals surface area contributed by atoms with E-state index < -0.39 is 0 Å². The number of nitriles is 1. The van der Waals surface area contributed by atoms with Crippen LogP contribution in [0.5, 0.6) is 0 Å². The fourth-order valence-corrected chi connectivity index (χ4v) is 2.33. The van der Waals surface area contributed by atoms with Crippen LogP contribution in [0, 0.1) is 16.7 Å². The Morgan fingerprint density at radius 2 is 1.67 bits per heavy atom. The molecule has 2 aromatic rings. The monoisotopic (exact) mass is 296 g/mol. The highest BCUT2D eigenvalue weighted by Gasteiger charge is 2.14. The molecule has 4 nitrogen and oxygen atoms in total. The molecule has 0 saturated carbocycles. The van der Waals surface area contributed by atoms with Crippen molar-refractivity contribution in [1.82, 2.24) is 0 Å². The van der Waals surface area contributed by atoms with Crippen molar-refractivity contribution >= 4 is 28.3 Å². The van der Waals surface area contributed by atoms with E-state index in [4.69, 9.17) is 16.4 Å². The quantitative estimate of drug-likeness (QED) is 0.672. The van der Waals surface area contributed by atoms with Gasteiger partial charge in [-0.25, -0.2) is 0 Å². The average molecular weight is 296 g/mol. The van der Waals surface area contributed by atoms with Gasteiger partial charge in [0.1, 0.15) is 0 Å². The summed E-state index contributed by atoms with van der Waals surface area (Å²) in [6.45, 7) is 0.497. The van der Waals surface area contributed by atoms with Crippen LogP contribution in [-0.2, 0) is 6.54 Å². The first kappa shape index (κ1) is 15.1. The molecule has 0 aliphatic rings. The normalized spacial score (nSPS) is 9.95. The molecular formula is C16H16N4S. The third-order valence-corrected chi connectivity index (χ3v) is 3.65. The van der Waals surface area contributed by atoms with Gasteiger partial charge in [0.25, 0.3) is 0 Å². The number of hydrogen-bond acceptors (Lipinski definition) is 4. The first-order valence-electron chi connectivity index (χ1n) is 6.41. The SMILES string of the molecule is CSC(=N)N(c1ccc(C#N)cc1)c1ccc(CN)cc1. The maximum Gasteiger partial charge on any atom is 0.165 e. The highest BCUT2D eigenvalue weighted by molar-refractivity contribution is 8.13. The van der Waals surface area contributed by atoms with Gasteiger partial charge in [0, 0.05) is 17.9 Å². The Bertz CT molecular complexity index is 656. The molecule has 0 heterocycles. The lowest BCUT2D eigenvalue weighted by atomic mass is 10.1. The van der Waals surface area contributed by atoms with Gasteiger partial charge in [-0.3, -0.25) is 10.3 Å². The van der Waals surface area contributed by atoms with Crippen LogP contribution in [0.4, 0.5) is 11.4 Å². The number of anilines is 2. The number of hydrogen-bond donors (Lipinski definition) is 2. The molecule has 3 N–H and O–H groups in total. The molecule has 0 saturated heterocycles. The molecular weight excluding hydrogens is 280 g/mol. The molecule has 0 spiro atoms. The van der Waals surface area contributed by atoms with Crippen molar-refractivity contribution in [1.29, 1.82) is 10.7 Å². The Balaban J connectivity index is 2.41. The molecule has 0 aliphatic carbocycles. The molecule has 0 radical (unpaired) electrons. The average Bonchev–Trinajstić information content (AvgIpc) is 2.56. The summed E-state index contributed by atoms with van der Waals surface area (Å²) in [5.41, 5.74) is 9.02. The van der Waals surface area contributed by atoms with Gasteiger partial charge < -0.3 is 5.73 Å². The van der Waals surface area contributed by atoms with E-state index in [2.05, 4.69) is 6.07 Å². The van der Waals surface area contributed by atoms with E-state index in [9.17, 15) is 0 Å². The molecule has 0 fully saturated rings. The fraction of sp³-hybridized carbons (Fsp3) is 0.125. The molecule has 0 unspecified atom stereocenters. The lowest BCUT2D eigenvalue weighted by Crippen LogP contribution is -2.22. The first-order chi connectivity index (χ1) is 10.2. The number of benzene rings is 2. The summed E-state index contributed by atoms with van der Waals surface area (Å²) in [5, 5.41) is 17.5. The van der Waals surface area contributed by atoms with Crippen LogP contribution in [0.3, 0.4) is 0 Å². The molecule has 0 atom stereocenters. The van der Waals surface area contributed by atoms with Crippen molar-refractivity contribution in [2.24, 2.45) is 5.73 Å². The van der Waals surface area contributed by atoms with Crippen LogP contribution in [0.25, 0.3) is 0 Å². The van der Waals surface area contributed by atoms with Gasteiger partial charge >= 0.3 is 0 Å². The van der Waals surface area contributed by atoms with Crippen molar-refractivity contribution in [3.63, 3.8) is 0 Å². The second-order valence-corrected chi connectivity index (χ2v) is 5.17. The summed E-state index contributed by atoms with van der Waals surface area (Å²) in [5.74, 6) is 0. The number of rotatable bonds is 3. The van der Waals surface area contributed by atoms with Gasteiger partial charge in [-0.15, -0.1) is 0 Å². The van der Waals surface area contributed by atoms with E-state index in [1.54, 1.807) is 12.1 Å². The third kappa shape index (κ3) is 3.43. The van der Waals surface area contributed by atoms with Crippen molar-refractivity contribution in [2.45, 2.75) is 6.54 Å². The number of nitrogens with two attached hydrogens (primary N) is 1. The second kappa shape index (κ2) is 6.93. The molecule has 2 rings (SSSR count). The van der Waals surface area contributed by atoms with E-state index in [1.165, 1.54) is 11.8 Å². The van der Waals surface area contributed by atoms with Gasteiger partial charge in [-0.2, -0.15) is 5.26 Å². The molecule has 5 heteroatoms. The molecule has 0 aliphatic heterocycles. The first-order valence-corrected chi connectivity index (χ1v) is 7.64. The minimum Gasteiger partial charge on any atom is -0.326 e. The molecule has 0 bridgehead atoms. The Morgan fingerprint density at radius 1 is 1.14 bits per heavy atom. The van der Waals surface area contributed by atoms with Crippen LogP contribution >= 0.6 is 11.8 Å². The van der Waals surface area contributed by atoms with E-state index in [0.29, 0.717) is 17.3 Å². The zero-order valence-electron chi connectivity index (χ0n) is 11.7. The number of nitrogens with one attached hydrogen (secondary N) is 1. The highest BCUT2D eigenvalue weighted by Crippen LogP contribution is 2.28. The molecule has 0 aromatic heterocycles. The van der Waals surface area contributed by atoms with Crippen molar-refractivity contribution < 1.29 is 0 Å². The minimum absolute atomic E-state index is 0.417. The van der Waals surface area contributed by atoms with Crippen LogP contribution in [0.2, 0.25) is 0 Å². The molecule has 0 amide bonds. The predicted molar refractivity (Wildman–Crippen MR) is 88.9 cm³/mol. The van der Waals surface area contributed by atoms with Gasteiger partial charge in [-0.05, 0) is 48.2 Å². The Kier molecular flexibility index (Phi) is 4.99. The van der Waals surface area contributed by atoms with E-state index in [0.717, 1.165) is 16.9 Å². The van der Waals surface area contributed by atoms with E-state index in [1.807, 2.05) is 47.6 Å². The molecule has 2 aromatic carbocycles. The van der Waals surface area contributed by atoms with Crippen molar-refractivity contribution in [3.8, 4) is 6.07 Å². The Labute approximate surface area is 128 Å². The topological polar surface area (TPSA) is 76.9 Å². The maximum absolute atomic E-state index is 8.88. The van der Waals surface area contributed by atoms with Gasteiger partial charge in [0.05, 0.1) is 11.6 Å². The van der Waals surface area contributed by atoms with Crippen LogP contribution < -0.4 is 10.6 Å².